The molecule has 0 fully saturated rings. The van der Waals surface area contributed by atoms with Crippen LogP contribution in [0.2, 0.25) is 0 Å². The van der Waals surface area contributed by atoms with Crippen molar-refractivity contribution in [3.8, 4) is 0 Å². The molecule has 0 aromatic carbocycles. The lowest BCUT2D eigenvalue weighted by Crippen LogP contribution is -2.06. The number of aromatic nitrogens is 2. The van der Waals surface area contributed by atoms with Crippen molar-refractivity contribution in [2.75, 3.05) is 5.73 Å². The van der Waals surface area contributed by atoms with Crippen LogP contribution in [-0.4, -0.2) is 15.6 Å². The number of carbonyl (C=O) groups is 1. The van der Waals surface area contributed by atoms with Crippen molar-refractivity contribution in [3.05, 3.63) is 32.6 Å². The molecule has 0 atom stereocenters. The summed E-state index contributed by atoms with van der Waals surface area (Å²) >= 11 is 4.90. The zero-order valence-corrected chi connectivity index (χ0v) is 11.0. The standard InChI is InChI=1S/C10H10BrN3OS/c1-14-10(12)8(4-13-14)9(15)3-7-2-6(11)5-16-7/h2,4-5H,3,12H2,1H3. The van der Waals surface area contributed by atoms with Crippen molar-refractivity contribution in [2.45, 2.75) is 6.42 Å². The van der Waals surface area contributed by atoms with Crippen LogP contribution in [0.1, 0.15) is 15.2 Å². The summed E-state index contributed by atoms with van der Waals surface area (Å²) in [4.78, 5) is 12.9. The topological polar surface area (TPSA) is 60.9 Å². The van der Waals surface area contributed by atoms with Gasteiger partial charge in [-0.15, -0.1) is 11.3 Å². The monoisotopic (exact) mass is 299 g/mol. The maximum Gasteiger partial charge on any atom is 0.173 e. The Labute approximate surface area is 105 Å². The van der Waals surface area contributed by atoms with Gasteiger partial charge in [-0.3, -0.25) is 9.48 Å². The molecule has 2 aromatic rings. The van der Waals surface area contributed by atoms with Gasteiger partial charge in [-0.2, -0.15) is 5.10 Å². The van der Waals surface area contributed by atoms with Crippen molar-refractivity contribution in [1.82, 2.24) is 9.78 Å². The number of halogens is 1. The predicted octanol–water partition coefficient (Wildman–Crippen LogP) is 2.25. The Morgan fingerprint density at radius 2 is 2.44 bits per heavy atom. The van der Waals surface area contributed by atoms with E-state index in [1.165, 1.54) is 10.9 Å². The van der Waals surface area contributed by atoms with Crippen molar-refractivity contribution in [2.24, 2.45) is 7.05 Å². The lowest BCUT2D eigenvalue weighted by atomic mass is 10.1. The smallest absolute Gasteiger partial charge is 0.173 e. The van der Waals surface area contributed by atoms with Gasteiger partial charge in [0.15, 0.2) is 5.78 Å². The number of carbonyl (C=O) groups excluding carboxylic acids is 1. The predicted molar refractivity (Wildman–Crippen MR) is 67.7 cm³/mol. The van der Waals surface area contributed by atoms with Crippen LogP contribution in [0.5, 0.6) is 0 Å². The number of nitrogens with two attached hydrogens (primary N) is 1. The first-order valence-corrected chi connectivity index (χ1v) is 6.29. The maximum absolute atomic E-state index is 11.9. The van der Waals surface area contributed by atoms with Crippen LogP contribution in [0.25, 0.3) is 0 Å². The zero-order chi connectivity index (χ0) is 11.7. The molecule has 0 aliphatic carbocycles. The van der Waals surface area contributed by atoms with Crippen LogP contribution >= 0.6 is 27.3 Å². The van der Waals surface area contributed by atoms with E-state index < -0.39 is 0 Å². The molecule has 0 unspecified atom stereocenters. The summed E-state index contributed by atoms with van der Waals surface area (Å²) in [7, 11) is 1.72. The van der Waals surface area contributed by atoms with E-state index >= 15 is 0 Å². The summed E-state index contributed by atoms with van der Waals surface area (Å²) in [6, 6.07) is 1.94. The molecule has 0 aliphatic heterocycles. The van der Waals surface area contributed by atoms with Crippen molar-refractivity contribution < 1.29 is 4.79 Å². The van der Waals surface area contributed by atoms with E-state index in [1.807, 2.05) is 11.4 Å². The maximum atomic E-state index is 11.9. The van der Waals surface area contributed by atoms with Crippen molar-refractivity contribution in [3.63, 3.8) is 0 Å². The number of thiophene rings is 1. The van der Waals surface area contributed by atoms with Crippen LogP contribution in [0.15, 0.2) is 22.1 Å². The van der Waals surface area contributed by atoms with Crippen LogP contribution < -0.4 is 5.73 Å². The fraction of sp³-hybridized carbons (Fsp3) is 0.200. The van der Waals surface area contributed by atoms with E-state index in [9.17, 15) is 4.79 Å². The number of Topliss-reactive ketones (excluding diaryl/α,β-unsaturated/α-hetero) is 1. The summed E-state index contributed by atoms with van der Waals surface area (Å²) in [6.45, 7) is 0. The van der Waals surface area contributed by atoms with E-state index in [4.69, 9.17) is 5.73 Å². The normalized spacial score (nSPS) is 10.6. The number of nitrogens with zero attached hydrogens (tertiary/aromatic N) is 2. The minimum Gasteiger partial charge on any atom is -0.383 e. The van der Waals surface area contributed by atoms with E-state index in [0.717, 1.165) is 9.35 Å². The molecule has 0 aliphatic rings. The average molecular weight is 300 g/mol. The number of aryl methyl sites for hydroxylation is 1. The molecular weight excluding hydrogens is 290 g/mol. The molecule has 4 nitrogen and oxygen atoms in total. The number of ketones is 1. The van der Waals surface area contributed by atoms with Crippen LogP contribution in [0, 0.1) is 0 Å². The molecule has 2 N–H and O–H groups in total. The molecule has 2 rings (SSSR count). The van der Waals surface area contributed by atoms with Gasteiger partial charge in [0.25, 0.3) is 0 Å². The Balaban J connectivity index is 2.18. The Morgan fingerprint density at radius 1 is 1.69 bits per heavy atom. The second-order valence-electron chi connectivity index (χ2n) is 3.40. The highest BCUT2D eigenvalue weighted by Crippen LogP contribution is 2.22. The third kappa shape index (κ3) is 2.17. The largest absolute Gasteiger partial charge is 0.383 e. The molecule has 0 saturated heterocycles. The highest BCUT2D eigenvalue weighted by atomic mass is 79.9. The SMILES string of the molecule is Cn1ncc(C(=O)Cc2cc(Br)cs2)c1N. The van der Waals surface area contributed by atoms with E-state index in [0.29, 0.717) is 17.8 Å². The lowest BCUT2D eigenvalue weighted by Gasteiger charge is -1.98. The Hall–Kier alpha value is -1.14. The number of hydrogen-bond acceptors (Lipinski definition) is 4. The fourth-order valence-corrected chi connectivity index (χ4v) is 2.81. The van der Waals surface area contributed by atoms with Gasteiger partial charge >= 0.3 is 0 Å². The minimum absolute atomic E-state index is 0.0000463. The van der Waals surface area contributed by atoms with Gasteiger partial charge in [-0.25, -0.2) is 0 Å². The summed E-state index contributed by atoms with van der Waals surface area (Å²) in [5.74, 6) is 0.417. The lowest BCUT2D eigenvalue weighted by molar-refractivity contribution is 0.0994. The molecule has 0 amide bonds. The van der Waals surface area contributed by atoms with Crippen LogP contribution in [-0.2, 0) is 13.5 Å². The average Bonchev–Trinajstić information content (AvgIpc) is 2.76. The zero-order valence-electron chi connectivity index (χ0n) is 8.61. The van der Waals surface area contributed by atoms with Gasteiger partial charge in [0.05, 0.1) is 11.8 Å². The molecule has 2 heterocycles. The molecule has 84 valence electrons. The summed E-state index contributed by atoms with van der Waals surface area (Å²) < 4.78 is 2.50. The van der Waals surface area contributed by atoms with Gasteiger partial charge in [-0.1, -0.05) is 0 Å². The van der Waals surface area contributed by atoms with Gasteiger partial charge in [0.2, 0.25) is 0 Å². The number of anilines is 1. The molecule has 0 spiro atoms. The fourth-order valence-electron chi connectivity index (χ4n) is 1.36. The van der Waals surface area contributed by atoms with E-state index in [2.05, 4.69) is 21.0 Å². The van der Waals surface area contributed by atoms with Crippen LogP contribution in [0.3, 0.4) is 0 Å². The Morgan fingerprint density at radius 3 is 2.94 bits per heavy atom. The van der Waals surface area contributed by atoms with Gasteiger partial charge in [0.1, 0.15) is 5.82 Å². The summed E-state index contributed by atoms with van der Waals surface area (Å²) in [5, 5.41) is 5.90. The van der Waals surface area contributed by atoms with Crippen molar-refractivity contribution >= 4 is 38.9 Å². The third-order valence-electron chi connectivity index (χ3n) is 2.24. The minimum atomic E-state index is -0.0000463. The Bertz CT molecular complexity index is 532. The first-order chi connectivity index (χ1) is 7.58. The summed E-state index contributed by atoms with van der Waals surface area (Å²) in [5.41, 5.74) is 6.23. The van der Waals surface area contributed by atoms with Crippen molar-refractivity contribution in [1.29, 1.82) is 0 Å². The Kier molecular flexibility index (Phi) is 3.11. The molecule has 6 heteroatoms. The second-order valence-corrected chi connectivity index (χ2v) is 5.31. The molecule has 0 bridgehead atoms. The number of nitrogen functional groups attached to an aromatic ring is 1. The first-order valence-electron chi connectivity index (χ1n) is 4.61. The molecule has 2 aromatic heterocycles. The van der Waals surface area contributed by atoms with Gasteiger partial charge in [-0.05, 0) is 22.0 Å². The number of rotatable bonds is 3. The van der Waals surface area contributed by atoms with E-state index in [1.54, 1.807) is 18.4 Å². The van der Waals surface area contributed by atoms with E-state index in [-0.39, 0.29) is 5.78 Å². The highest BCUT2D eigenvalue weighted by molar-refractivity contribution is 9.10. The van der Waals surface area contributed by atoms with Gasteiger partial charge in [0, 0.05) is 28.2 Å². The molecule has 16 heavy (non-hydrogen) atoms. The van der Waals surface area contributed by atoms with Gasteiger partial charge < -0.3 is 5.73 Å². The highest BCUT2D eigenvalue weighted by Gasteiger charge is 2.14. The first kappa shape index (κ1) is 11.3. The molecular formula is C10H10BrN3OS. The second kappa shape index (κ2) is 4.39. The molecule has 0 radical (unpaired) electrons. The quantitative estimate of drug-likeness (QED) is 0.884. The number of hydrogen-bond donors (Lipinski definition) is 1. The summed E-state index contributed by atoms with van der Waals surface area (Å²) in [6.07, 6.45) is 1.88. The van der Waals surface area contributed by atoms with Crippen LogP contribution in [0.4, 0.5) is 5.82 Å². The molecule has 0 saturated carbocycles. The third-order valence-corrected chi connectivity index (χ3v) is 3.94.